The van der Waals surface area contributed by atoms with Gasteiger partial charge in [0.2, 0.25) is 0 Å². The van der Waals surface area contributed by atoms with Crippen LogP contribution in [-0.4, -0.2) is 11.1 Å². The maximum absolute atomic E-state index is 11.4. The summed E-state index contributed by atoms with van der Waals surface area (Å²) in [5.41, 5.74) is 1.05. The van der Waals surface area contributed by atoms with Crippen molar-refractivity contribution in [3.8, 4) is 0 Å². The average molecular weight is 389 g/mol. The van der Waals surface area contributed by atoms with E-state index in [-0.39, 0.29) is 0 Å². The summed E-state index contributed by atoms with van der Waals surface area (Å²) < 4.78 is 3.28. The van der Waals surface area contributed by atoms with Gasteiger partial charge in [-0.25, -0.2) is 4.79 Å². The molecule has 1 N–H and O–H groups in total. The van der Waals surface area contributed by atoms with Crippen molar-refractivity contribution in [3.63, 3.8) is 0 Å². The zero-order valence-corrected chi connectivity index (χ0v) is 15.5. The molecule has 0 bridgehead atoms. The number of hydrogen-bond acceptors (Lipinski definition) is 3. The Morgan fingerprint density at radius 3 is 2.48 bits per heavy atom. The molecule has 0 aliphatic heterocycles. The first-order chi connectivity index (χ1) is 10.1. The summed E-state index contributed by atoms with van der Waals surface area (Å²) in [6.45, 7) is 2.23. The number of carbonyl (C=O) groups is 1. The number of aromatic carboxylic acids is 1. The minimum atomic E-state index is -0.784. The standard InChI is InChI=1S/C16H21BrO2S2/c1-2-3-4-5-6-7-8-9-11-13-15(12(17)10-20-13)21-14(11)16(18)19/h10H,2-9H2,1H3,(H,18,19). The second-order valence-electron chi connectivity index (χ2n) is 5.33. The molecule has 2 aromatic rings. The molecule has 0 saturated carbocycles. The Kier molecular flexibility index (Phi) is 6.71. The highest BCUT2D eigenvalue weighted by Gasteiger charge is 2.20. The van der Waals surface area contributed by atoms with Crippen LogP contribution in [0.15, 0.2) is 9.85 Å². The van der Waals surface area contributed by atoms with Gasteiger partial charge in [0.1, 0.15) is 4.88 Å². The Morgan fingerprint density at radius 2 is 1.81 bits per heavy atom. The average Bonchev–Trinajstić information content (AvgIpc) is 2.99. The van der Waals surface area contributed by atoms with Crippen molar-refractivity contribution in [2.75, 3.05) is 0 Å². The quantitative estimate of drug-likeness (QED) is 0.484. The molecule has 0 atom stereocenters. The molecule has 2 heterocycles. The van der Waals surface area contributed by atoms with Crippen LogP contribution in [0, 0.1) is 0 Å². The van der Waals surface area contributed by atoms with Crippen molar-refractivity contribution in [2.45, 2.75) is 58.3 Å². The molecule has 0 saturated heterocycles. The molecule has 116 valence electrons. The van der Waals surface area contributed by atoms with Crippen LogP contribution in [-0.2, 0) is 6.42 Å². The van der Waals surface area contributed by atoms with Gasteiger partial charge in [0.15, 0.2) is 0 Å². The molecular formula is C16H21BrO2S2. The van der Waals surface area contributed by atoms with Gasteiger partial charge in [0.05, 0.1) is 9.40 Å². The lowest BCUT2D eigenvalue weighted by molar-refractivity contribution is 0.0701. The highest BCUT2D eigenvalue weighted by atomic mass is 79.9. The summed E-state index contributed by atoms with van der Waals surface area (Å²) in [6.07, 6.45) is 9.70. The molecular weight excluding hydrogens is 368 g/mol. The highest BCUT2D eigenvalue weighted by Crippen LogP contribution is 2.41. The summed E-state index contributed by atoms with van der Waals surface area (Å²) in [5.74, 6) is -0.784. The number of aryl methyl sites for hydroxylation is 1. The molecule has 2 aromatic heterocycles. The van der Waals surface area contributed by atoms with Crippen LogP contribution < -0.4 is 0 Å². The highest BCUT2D eigenvalue weighted by molar-refractivity contribution is 9.10. The van der Waals surface area contributed by atoms with Crippen LogP contribution in [0.2, 0.25) is 0 Å². The fourth-order valence-corrected chi connectivity index (χ4v) is 5.71. The number of carboxylic acid groups (broad SMARTS) is 1. The predicted octanol–water partition coefficient (Wildman–Crippen LogP) is 6.72. The topological polar surface area (TPSA) is 37.3 Å². The minimum Gasteiger partial charge on any atom is -0.477 e. The molecule has 0 fully saturated rings. The number of rotatable bonds is 9. The first-order valence-electron chi connectivity index (χ1n) is 7.56. The van der Waals surface area contributed by atoms with E-state index in [9.17, 15) is 9.90 Å². The Bertz CT molecular complexity index is 601. The van der Waals surface area contributed by atoms with Gasteiger partial charge in [-0.15, -0.1) is 22.7 Å². The number of halogens is 1. The van der Waals surface area contributed by atoms with Gasteiger partial charge < -0.3 is 5.11 Å². The largest absolute Gasteiger partial charge is 0.477 e. The molecule has 21 heavy (non-hydrogen) atoms. The fraction of sp³-hybridized carbons (Fsp3) is 0.562. The lowest BCUT2D eigenvalue weighted by Gasteiger charge is -2.02. The first kappa shape index (κ1) is 17.0. The predicted molar refractivity (Wildman–Crippen MR) is 96.1 cm³/mol. The van der Waals surface area contributed by atoms with Crippen molar-refractivity contribution in [1.29, 1.82) is 0 Å². The zero-order chi connectivity index (χ0) is 15.2. The maximum Gasteiger partial charge on any atom is 0.346 e. The summed E-state index contributed by atoms with van der Waals surface area (Å²) in [7, 11) is 0. The molecule has 2 nitrogen and oxygen atoms in total. The van der Waals surface area contributed by atoms with Gasteiger partial charge in [-0.05, 0) is 34.3 Å². The molecule has 0 aliphatic carbocycles. The van der Waals surface area contributed by atoms with E-state index in [4.69, 9.17) is 0 Å². The Hall–Kier alpha value is -0.390. The van der Waals surface area contributed by atoms with E-state index < -0.39 is 5.97 Å². The lowest BCUT2D eigenvalue weighted by Crippen LogP contribution is -1.97. The first-order valence-corrected chi connectivity index (χ1v) is 10.1. The van der Waals surface area contributed by atoms with Crippen LogP contribution >= 0.6 is 38.6 Å². The zero-order valence-electron chi connectivity index (χ0n) is 12.3. The van der Waals surface area contributed by atoms with E-state index in [1.807, 2.05) is 0 Å². The Balaban J connectivity index is 1.94. The molecule has 0 spiro atoms. The van der Waals surface area contributed by atoms with Crippen molar-refractivity contribution < 1.29 is 9.90 Å². The second kappa shape index (κ2) is 8.30. The molecule has 0 amide bonds. The van der Waals surface area contributed by atoms with Crippen molar-refractivity contribution in [3.05, 3.63) is 20.3 Å². The van der Waals surface area contributed by atoms with Crippen molar-refractivity contribution in [2.24, 2.45) is 0 Å². The number of hydrogen-bond donors (Lipinski definition) is 1. The summed E-state index contributed by atoms with van der Waals surface area (Å²) in [5, 5.41) is 11.4. The normalized spacial score (nSPS) is 11.3. The van der Waals surface area contributed by atoms with E-state index in [0.717, 1.165) is 32.3 Å². The monoisotopic (exact) mass is 388 g/mol. The SMILES string of the molecule is CCCCCCCCCc1c(C(=O)O)sc2c(Br)csc12. The van der Waals surface area contributed by atoms with Crippen LogP contribution in [0.25, 0.3) is 9.40 Å². The van der Waals surface area contributed by atoms with Crippen LogP contribution in [0.4, 0.5) is 0 Å². The minimum absolute atomic E-state index is 0.531. The third kappa shape index (κ3) is 4.30. The van der Waals surface area contributed by atoms with Gasteiger partial charge >= 0.3 is 5.97 Å². The van der Waals surface area contributed by atoms with E-state index in [0.29, 0.717) is 4.88 Å². The van der Waals surface area contributed by atoms with Gasteiger partial charge in [0, 0.05) is 9.85 Å². The molecule has 5 heteroatoms. The number of thiophene rings is 2. The van der Waals surface area contributed by atoms with Crippen LogP contribution in [0.1, 0.15) is 67.1 Å². The van der Waals surface area contributed by atoms with Crippen LogP contribution in [0.5, 0.6) is 0 Å². The summed E-state index contributed by atoms with van der Waals surface area (Å²) in [6, 6.07) is 0. The van der Waals surface area contributed by atoms with Gasteiger partial charge in [0.25, 0.3) is 0 Å². The van der Waals surface area contributed by atoms with Gasteiger partial charge in [-0.2, -0.15) is 0 Å². The third-order valence-electron chi connectivity index (χ3n) is 3.68. The third-order valence-corrected chi connectivity index (χ3v) is 7.29. The van der Waals surface area contributed by atoms with Crippen molar-refractivity contribution >= 4 is 54.0 Å². The number of carboxylic acids is 1. The molecule has 2 rings (SSSR count). The van der Waals surface area contributed by atoms with Crippen molar-refractivity contribution in [1.82, 2.24) is 0 Å². The maximum atomic E-state index is 11.4. The van der Waals surface area contributed by atoms with E-state index in [1.54, 1.807) is 11.3 Å². The number of unbranched alkanes of at least 4 members (excludes halogenated alkanes) is 6. The van der Waals surface area contributed by atoms with Gasteiger partial charge in [-0.3, -0.25) is 0 Å². The summed E-state index contributed by atoms with van der Waals surface area (Å²) in [4.78, 5) is 11.9. The fourth-order valence-electron chi connectivity index (χ4n) is 2.55. The molecule has 0 aromatic carbocycles. The lowest BCUT2D eigenvalue weighted by atomic mass is 10.0. The Labute approximate surface area is 142 Å². The van der Waals surface area contributed by atoms with Crippen LogP contribution in [0.3, 0.4) is 0 Å². The molecule has 0 aliphatic rings. The van der Waals surface area contributed by atoms with E-state index in [1.165, 1.54) is 49.9 Å². The Morgan fingerprint density at radius 1 is 1.14 bits per heavy atom. The summed E-state index contributed by atoms with van der Waals surface area (Å²) >= 11 is 6.57. The molecule has 0 radical (unpaired) electrons. The molecule has 0 unspecified atom stereocenters. The van der Waals surface area contributed by atoms with E-state index >= 15 is 0 Å². The smallest absolute Gasteiger partial charge is 0.346 e. The van der Waals surface area contributed by atoms with E-state index in [2.05, 4.69) is 28.2 Å². The van der Waals surface area contributed by atoms with Gasteiger partial charge in [-0.1, -0.05) is 45.4 Å². The second-order valence-corrected chi connectivity index (χ2v) is 8.08. The number of fused-ring (bicyclic) bond motifs is 1.